The van der Waals surface area contributed by atoms with Gasteiger partial charge in [-0.05, 0) is 37.5 Å². The third-order valence-corrected chi connectivity index (χ3v) is 4.33. The fourth-order valence-corrected chi connectivity index (χ4v) is 3.15. The van der Waals surface area contributed by atoms with Crippen LogP contribution in [0.15, 0.2) is 24.3 Å². The van der Waals surface area contributed by atoms with Gasteiger partial charge in [0.05, 0.1) is 12.7 Å². The van der Waals surface area contributed by atoms with Crippen LogP contribution < -0.4 is 10.5 Å². The molecule has 1 aromatic heterocycles. The van der Waals surface area contributed by atoms with Gasteiger partial charge in [-0.3, -0.25) is 4.79 Å². The number of hydrogen-bond acceptors (Lipinski definition) is 2. The van der Waals surface area contributed by atoms with Gasteiger partial charge in [0.25, 0.3) is 5.91 Å². The van der Waals surface area contributed by atoms with Crippen molar-refractivity contribution >= 4 is 5.91 Å². The Balaban J connectivity index is 2.65. The summed E-state index contributed by atoms with van der Waals surface area (Å²) >= 11 is 0. The molecule has 0 spiro atoms. The van der Waals surface area contributed by atoms with Crippen molar-refractivity contribution in [2.45, 2.75) is 46.6 Å². The first kappa shape index (κ1) is 17.1. The van der Waals surface area contributed by atoms with E-state index in [2.05, 4.69) is 18.4 Å². The molecule has 0 atom stereocenters. The summed E-state index contributed by atoms with van der Waals surface area (Å²) in [5.74, 6) is 0.438. The number of hydrogen-bond donors (Lipinski definition) is 1. The maximum atomic E-state index is 12.1. The third kappa shape index (κ3) is 3.26. The Hall–Kier alpha value is -2.23. The van der Waals surface area contributed by atoms with Crippen LogP contribution >= 0.6 is 0 Å². The van der Waals surface area contributed by atoms with Crippen molar-refractivity contribution in [1.29, 1.82) is 0 Å². The van der Waals surface area contributed by atoms with E-state index in [4.69, 9.17) is 10.5 Å². The number of unbranched alkanes of at least 4 members (excludes halogenated alkanes) is 1. The van der Waals surface area contributed by atoms with Crippen molar-refractivity contribution in [2.24, 2.45) is 5.73 Å². The number of carbonyl (C=O) groups is 1. The SMILES string of the molecule is CCCCn1c(C)c(C(N)=O)c(-c2ccc(OC)cc2)c1CC. The van der Waals surface area contributed by atoms with E-state index in [9.17, 15) is 4.79 Å². The van der Waals surface area contributed by atoms with Gasteiger partial charge < -0.3 is 15.0 Å². The lowest BCUT2D eigenvalue weighted by Gasteiger charge is -2.11. The van der Waals surface area contributed by atoms with E-state index in [-0.39, 0.29) is 5.91 Å². The maximum absolute atomic E-state index is 12.1. The predicted octanol–water partition coefficient (Wildman–Crippen LogP) is 3.93. The zero-order valence-electron chi connectivity index (χ0n) is 14.5. The van der Waals surface area contributed by atoms with Crippen LogP contribution in [-0.2, 0) is 13.0 Å². The molecule has 1 heterocycles. The standard InChI is InChI=1S/C19H26N2O2/c1-5-7-12-21-13(3)17(19(20)22)18(16(21)6-2)14-8-10-15(23-4)11-9-14/h8-11H,5-7,12H2,1-4H3,(H2,20,22). The van der Waals surface area contributed by atoms with Gasteiger partial charge in [0.2, 0.25) is 0 Å². The number of amides is 1. The normalized spacial score (nSPS) is 10.8. The Kier molecular flexibility index (Phi) is 5.48. The van der Waals surface area contributed by atoms with E-state index in [1.807, 2.05) is 31.2 Å². The number of carbonyl (C=O) groups excluding carboxylic acids is 1. The van der Waals surface area contributed by atoms with Crippen LogP contribution in [0.25, 0.3) is 11.1 Å². The second-order valence-electron chi connectivity index (χ2n) is 5.73. The lowest BCUT2D eigenvalue weighted by atomic mass is 9.98. The zero-order valence-corrected chi connectivity index (χ0v) is 14.5. The van der Waals surface area contributed by atoms with Crippen LogP contribution in [0, 0.1) is 6.92 Å². The Morgan fingerprint density at radius 1 is 1.22 bits per heavy atom. The molecule has 4 heteroatoms. The summed E-state index contributed by atoms with van der Waals surface area (Å²) in [6, 6.07) is 7.81. The topological polar surface area (TPSA) is 57.2 Å². The molecule has 2 aromatic rings. The van der Waals surface area contributed by atoms with Crippen LogP contribution in [0.3, 0.4) is 0 Å². The highest BCUT2D eigenvalue weighted by atomic mass is 16.5. The summed E-state index contributed by atoms with van der Waals surface area (Å²) in [5.41, 5.74) is 10.5. The number of nitrogens with two attached hydrogens (primary N) is 1. The lowest BCUT2D eigenvalue weighted by Crippen LogP contribution is -2.13. The molecule has 0 bridgehead atoms. The van der Waals surface area contributed by atoms with Crippen molar-refractivity contribution < 1.29 is 9.53 Å². The Morgan fingerprint density at radius 2 is 1.87 bits per heavy atom. The molecule has 0 radical (unpaired) electrons. The van der Waals surface area contributed by atoms with Gasteiger partial charge in [-0.2, -0.15) is 0 Å². The predicted molar refractivity (Wildman–Crippen MR) is 94.0 cm³/mol. The highest BCUT2D eigenvalue weighted by molar-refractivity contribution is 6.02. The van der Waals surface area contributed by atoms with Crippen molar-refractivity contribution in [3.05, 3.63) is 41.2 Å². The number of primary amides is 1. The molecular weight excluding hydrogens is 288 g/mol. The molecule has 0 unspecified atom stereocenters. The second-order valence-corrected chi connectivity index (χ2v) is 5.73. The van der Waals surface area contributed by atoms with Crippen LogP contribution in [-0.4, -0.2) is 17.6 Å². The molecule has 4 nitrogen and oxygen atoms in total. The number of ether oxygens (including phenoxy) is 1. The van der Waals surface area contributed by atoms with Gasteiger partial charge in [-0.15, -0.1) is 0 Å². The number of aromatic nitrogens is 1. The summed E-state index contributed by atoms with van der Waals surface area (Å²) in [6.45, 7) is 7.20. The summed E-state index contributed by atoms with van der Waals surface area (Å²) in [4.78, 5) is 12.1. The molecule has 124 valence electrons. The van der Waals surface area contributed by atoms with Crippen molar-refractivity contribution in [1.82, 2.24) is 4.57 Å². The van der Waals surface area contributed by atoms with Crippen LogP contribution in [0.1, 0.15) is 48.4 Å². The maximum Gasteiger partial charge on any atom is 0.251 e. The van der Waals surface area contributed by atoms with Gasteiger partial charge in [0.15, 0.2) is 0 Å². The molecule has 0 saturated carbocycles. The van der Waals surface area contributed by atoms with Crippen molar-refractivity contribution in [3.8, 4) is 16.9 Å². The highest BCUT2D eigenvalue weighted by Crippen LogP contribution is 2.34. The van der Waals surface area contributed by atoms with Gasteiger partial charge >= 0.3 is 0 Å². The monoisotopic (exact) mass is 314 g/mol. The summed E-state index contributed by atoms with van der Waals surface area (Å²) in [7, 11) is 1.65. The molecule has 2 rings (SSSR count). The molecule has 0 aliphatic carbocycles. The number of nitrogens with zero attached hydrogens (tertiary/aromatic N) is 1. The van der Waals surface area contributed by atoms with Crippen molar-refractivity contribution in [3.63, 3.8) is 0 Å². The Labute approximate surface area is 138 Å². The minimum atomic E-state index is -0.363. The van der Waals surface area contributed by atoms with Crippen LogP contribution in [0.2, 0.25) is 0 Å². The summed E-state index contributed by atoms with van der Waals surface area (Å²) in [5, 5.41) is 0. The van der Waals surface area contributed by atoms with Crippen LogP contribution in [0.5, 0.6) is 5.75 Å². The third-order valence-electron chi connectivity index (χ3n) is 4.33. The minimum Gasteiger partial charge on any atom is -0.497 e. The van der Waals surface area contributed by atoms with E-state index < -0.39 is 0 Å². The quantitative estimate of drug-likeness (QED) is 0.841. The van der Waals surface area contributed by atoms with E-state index in [0.717, 1.165) is 48.4 Å². The number of benzene rings is 1. The first-order valence-electron chi connectivity index (χ1n) is 8.21. The Bertz CT molecular complexity index is 684. The fourth-order valence-electron chi connectivity index (χ4n) is 3.15. The minimum absolute atomic E-state index is 0.363. The largest absolute Gasteiger partial charge is 0.497 e. The molecule has 23 heavy (non-hydrogen) atoms. The number of methoxy groups -OCH3 is 1. The van der Waals surface area contributed by atoms with Gasteiger partial charge in [0, 0.05) is 23.5 Å². The zero-order chi connectivity index (χ0) is 17.0. The molecule has 0 aliphatic heterocycles. The molecule has 0 aliphatic rings. The molecule has 0 saturated heterocycles. The average Bonchev–Trinajstić information content (AvgIpc) is 2.84. The first-order chi connectivity index (χ1) is 11.0. The second kappa shape index (κ2) is 7.36. The number of rotatable bonds is 7. The fraction of sp³-hybridized carbons (Fsp3) is 0.421. The molecule has 0 fully saturated rings. The van der Waals surface area contributed by atoms with E-state index in [0.29, 0.717) is 5.56 Å². The van der Waals surface area contributed by atoms with Crippen LogP contribution in [0.4, 0.5) is 0 Å². The smallest absolute Gasteiger partial charge is 0.251 e. The van der Waals surface area contributed by atoms with E-state index >= 15 is 0 Å². The molecule has 1 aromatic carbocycles. The summed E-state index contributed by atoms with van der Waals surface area (Å²) < 4.78 is 7.48. The lowest BCUT2D eigenvalue weighted by molar-refractivity contribution is 0.1000. The van der Waals surface area contributed by atoms with E-state index in [1.54, 1.807) is 7.11 Å². The summed E-state index contributed by atoms with van der Waals surface area (Å²) in [6.07, 6.45) is 3.06. The molecule has 2 N–H and O–H groups in total. The Morgan fingerprint density at radius 3 is 2.35 bits per heavy atom. The van der Waals surface area contributed by atoms with Gasteiger partial charge in [-0.1, -0.05) is 32.4 Å². The highest BCUT2D eigenvalue weighted by Gasteiger charge is 2.23. The van der Waals surface area contributed by atoms with Gasteiger partial charge in [0.1, 0.15) is 5.75 Å². The van der Waals surface area contributed by atoms with E-state index in [1.165, 1.54) is 5.69 Å². The first-order valence-corrected chi connectivity index (χ1v) is 8.21. The van der Waals surface area contributed by atoms with Gasteiger partial charge in [-0.25, -0.2) is 0 Å². The molecule has 1 amide bonds. The average molecular weight is 314 g/mol. The van der Waals surface area contributed by atoms with Crippen molar-refractivity contribution in [2.75, 3.05) is 7.11 Å². The molecular formula is C19H26N2O2.